The van der Waals surface area contributed by atoms with E-state index in [0.29, 0.717) is 35.6 Å². The van der Waals surface area contributed by atoms with E-state index >= 15 is 0 Å². The zero-order valence-electron chi connectivity index (χ0n) is 22.4. The normalized spacial score (nSPS) is 10.9. The fraction of sp³-hybridized carbons (Fsp3) is 0.467. The van der Waals surface area contributed by atoms with E-state index in [0.717, 1.165) is 12.8 Å². The van der Waals surface area contributed by atoms with Gasteiger partial charge in [0.2, 0.25) is 0 Å². The minimum atomic E-state index is -0.135. The fourth-order valence-corrected chi connectivity index (χ4v) is 3.24. The number of rotatable bonds is 18. The quantitative estimate of drug-likeness (QED) is 0.0695. The number of halogens is 1. The van der Waals surface area contributed by atoms with Crippen molar-refractivity contribution < 1.29 is 19.5 Å². The van der Waals surface area contributed by atoms with Crippen LogP contribution in [0.25, 0.3) is 5.76 Å². The van der Waals surface area contributed by atoms with Crippen LogP contribution in [0.1, 0.15) is 83.3 Å². The Morgan fingerprint density at radius 2 is 1.75 bits per heavy atom. The molecule has 0 atom stereocenters. The number of unbranched alkanes of at least 4 members (excludes halogenated alkanes) is 5. The van der Waals surface area contributed by atoms with Crippen LogP contribution in [0.5, 0.6) is 5.75 Å². The highest BCUT2D eigenvalue weighted by molar-refractivity contribution is 6.33. The van der Waals surface area contributed by atoms with Crippen LogP contribution in [0.3, 0.4) is 0 Å². The molecule has 0 heterocycles. The first-order valence-electron chi connectivity index (χ1n) is 12.7. The number of nitrogens with zero attached hydrogens (tertiary/aromatic N) is 1. The number of carbonyl (C=O) groups is 1. The van der Waals surface area contributed by atoms with Gasteiger partial charge in [-0.05, 0) is 50.0 Å². The van der Waals surface area contributed by atoms with Gasteiger partial charge in [-0.2, -0.15) is 0 Å². The number of carbonyl (C=O) groups excluding carboxylic acids is 1. The van der Waals surface area contributed by atoms with Crippen LogP contribution in [-0.2, 0) is 20.8 Å². The standard InChI is InChI=1S/C23H28ClNO4.C7H16/c1-5-7-9-10-11-19(25-29-16-17(3)26)15-21-20(12-13-22(27)23(21)24)18(4)28-14-8-6-2;1-3-5-7-6-4-2/h5-6,10-13,27H,1-2,4,7-9,14-16H2,3H3;3-7H2,1-2H3/b11-10+,25-19+;. The Labute approximate surface area is 223 Å². The van der Waals surface area contributed by atoms with Crippen molar-refractivity contribution in [3.63, 3.8) is 0 Å². The molecule has 200 valence electrons. The molecule has 0 saturated carbocycles. The van der Waals surface area contributed by atoms with Crippen LogP contribution in [-0.4, -0.2) is 29.8 Å². The van der Waals surface area contributed by atoms with E-state index in [4.69, 9.17) is 21.2 Å². The van der Waals surface area contributed by atoms with Crippen molar-refractivity contribution in [2.45, 2.75) is 78.6 Å². The van der Waals surface area contributed by atoms with E-state index in [1.807, 2.05) is 12.2 Å². The van der Waals surface area contributed by atoms with Gasteiger partial charge in [0.25, 0.3) is 0 Å². The summed E-state index contributed by atoms with van der Waals surface area (Å²) in [5.74, 6) is 0.246. The highest BCUT2D eigenvalue weighted by Gasteiger charge is 2.16. The summed E-state index contributed by atoms with van der Waals surface area (Å²) in [6.45, 7) is 17.5. The van der Waals surface area contributed by atoms with Crippen molar-refractivity contribution >= 4 is 28.9 Å². The predicted octanol–water partition coefficient (Wildman–Crippen LogP) is 8.61. The number of ketones is 1. The van der Waals surface area contributed by atoms with Crippen LogP contribution in [0, 0.1) is 0 Å². The van der Waals surface area contributed by atoms with Crippen molar-refractivity contribution in [2.24, 2.45) is 5.16 Å². The summed E-state index contributed by atoms with van der Waals surface area (Å²) < 4.78 is 5.66. The topological polar surface area (TPSA) is 68.1 Å². The zero-order valence-corrected chi connectivity index (χ0v) is 23.1. The van der Waals surface area contributed by atoms with Crippen molar-refractivity contribution in [1.82, 2.24) is 0 Å². The number of hydrogen-bond acceptors (Lipinski definition) is 5. The van der Waals surface area contributed by atoms with Gasteiger partial charge >= 0.3 is 0 Å². The van der Waals surface area contributed by atoms with Gasteiger partial charge in [-0.1, -0.05) is 87.5 Å². The molecule has 0 spiro atoms. The van der Waals surface area contributed by atoms with Crippen LogP contribution in [0.4, 0.5) is 0 Å². The van der Waals surface area contributed by atoms with Crippen molar-refractivity contribution in [2.75, 3.05) is 13.2 Å². The van der Waals surface area contributed by atoms with Gasteiger partial charge in [-0.15, -0.1) is 13.2 Å². The maximum atomic E-state index is 11.1. The molecule has 1 aromatic carbocycles. The van der Waals surface area contributed by atoms with Crippen molar-refractivity contribution in [1.29, 1.82) is 0 Å². The lowest BCUT2D eigenvalue weighted by atomic mass is 9.99. The van der Waals surface area contributed by atoms with E-state index in [2.05, 4.69) is 38.7 Å². The number of hydrogen-bond donors (Lipinski definition) is 1. The first kappa shape index (κ1) is 33.2. The predicted molar refractivity (Wildman–Crippen MR) is 154 cm³/mol. The molecule has 36 heavy (non-hydrogen) atoms. The monoisotopic (exact) mass is 517 g/mol. The Morgan fingerprint density at radius 1 is 1.08 bits per heavy atom. The molecule has 6 heteroatoms. The third-order valence-electron chi connectivity index (χ3n) is 4.98. The summed E-state index contributed by atoms with van der Waals surface area (Å²) in [6, 6.07) is 3.19. The van der Waals surface area contributed by atoms with E-state index in [9.17, 15) is 9.90 Å². The molecular weight excluding hydrogens is 474 g/mol. The lowest BCUT2D eigenvalue weighted by Crippen LogP contribution is -2.08. The number of aromatic hydroxyl groups is 1. The maximum absolute atomic E-state index is 11.1. The van der Waals surface area contributed by atoms with E-state index < -0.39 is 0 Å². The molecular formula is C30H44ClNO4. The third-order valence-corrected chi connectivity index (χ3v) is 5.41. The lowest BCUT2D eigenvalue weighted by Gasteiger charge is -2.15. The Kier molecular flexibility index (Phi) is 19.8. The van der Waals surface area contributed by atoms with Crippen LogP contribution in [0.2, 0.25) is 5.02 Å². The van der Waals surface area contributed by atoms with Gasteiger partial charge in [-0.3, -0.25) is 4.79 Å². The van der Waals surface area contributed by atoms with E-state index in [1.165, 1.54) is 45.1 Å². The summed E-state index contributed by atoms with van der Waals surface area (Å²) in [5, 5.41) is 14.3. The number of benzene rings is 1. The molecule has 0 aliphatic carbocycles. The molecule has 0 aromatic heterocycles. The second kappa shape index (κ2) is 21.5. The van der Waals surface area contributed by atoms with Gasteiger partial charge in [-0.25, -0.2) is 0 Å². The maximum Gasteiger partial charge on any atom is 0.174 e. The summed E-state index contributed by atoms with van der Waals surface area (Å²) in [4.78, 5) is 16.3. The highest BCUT2D eigenvalue weighted by Crippen LogP contribution is 2.34. The average molecular weight is 518 g/mol. The number of allylic oxidation sites excluding steroid dienone is 3. The highest BCUT2D eigenvalue weighted by atomic mass is 35.5. The second-order valence-corrected chi connectivity index (χ2v) is 8.72. The summed E-state index contributed by atoms with van der Waals surface area (Å²) in [5.41, 5.74) is 1.81. The van der Waals surface area contributed by atoms with Gasteiger partial charge in [0, 0.05) is 12.0 Å². The number of phenolic OH excluding ortho intramolecular Hbond substituents is 1. The van der Waals surface area contributed by atoms with Crippen LogP contribution < -0.4 is 0 Å². The number of Topliss-reactive ketones (excluding diaryl/α,β-unsaturated/α-hetero) is 1. The minimum absolute atomic E-state index is 0.0519. The lowest BCUT2D eigenvalue weighted by molar-refractivity contribution is -0.121. The molecule has 5 nitrogen and oxygen atoms in total. The molecule has 0 bridgehead atoms. The largest absolute Gasteiger partial charge is 0.506 e. The SMILES string of the molecule is C=CCC/C=C/C(Cc1c(C(=C)OCCC=C)ccc(O)c1Cl)=N\OCC(C)=O.CCCCCCC. The number of ether oxygens (including phenoxy) is 1. The average Bonchev–Trinajstić information content (AvgIpc) is 2.85. The number of phenols is 1. The summed E-state index contributed by atoms with van der Waals surface area (Å²) >= 11 is 6.37. The number of oxime groups is 1. The Hall–Kier alpha value is -2.79. The van der Waals surface area contributed by atoms with Gasteiger partial charge < -0.3 is 14.7 Å². The molecule has 0 aliphatic heterocycles. The van der Waals surface area contributed by atoms with E-state index in [-0.39, 0.29) is 29.6 Å². The van der Waals surface area contributed by atoms with E-state index in [1.54, 1.807) is 18.2 Å². The molecule has 0 unspecified atom stereocenters. The molecule has 0 amide bonds. The Morgan fingerprint density at radius 3 is 2.33 bits per heavy atom. The molecule has 1 aromatic rings. The van der Waals surface area contributed by atoms with Crippen molar-refractivity contribution in [3.05, 3.63) is 72.3 Å². The third kappa shape index (κ3) is 15.3. The van der Waals surface area contributed by atoms with Gasteiger partial charge in [0.1, 0.15) is 11.5 Å². The smallest absolute Gasteiger partial charge is 0.174 e. The molecule has 0 saturated heterocycles. The summed E-state index contributed by atoms with van der Waals surface area (Å²) in [7, 11) is 0. The van der Waals surface area contributed by atoms with Crippen LogP contribution in [0.15, 0.2) is 61.3 Å². The summed E-state index contributed by atoms with van der Waals surface area (Å²) in [6.07, 6.45) is 16.9. The fourth-order valence-electron chi connectivity index (χ4n) is 3.01. The Bertz CT molecular complexity index is 870. The molecule has 0 fully saturated rings. The van der Waals surface area contributed by atoms with Crippen molar-refractivity contribution in [3.8, 4) is 5.75 Å². The first-order chi connectivity index (χ1) is 17.3. The molecule has 1 N–H and O–H groups in total. The first-order valence-corrected chi connectivity index (χ1v) is 13.1. The Balaban J connectivity index is 0.00000152. The van der Waals surface area contributed by atoms with Crippen LogP contribution >= 0.6 is 11.6 Å². The van der Waals surface area contributed by atoms with Gasteiger partial charge in [0.15, 0.2) is 12.4 Å². The molecule has 0 aliphatic rings. The second-order valence-electron chi connectivity index (χ2n) is 8.34. The minimum Gasteiger partial charge on any atom is -0.506 e. The zero-order chi connectivity index (χ0) is 27.2. The van der Waals surface area contributed by atoms with Gasteiger partial charge in [0.05, 0.1) is 17.3 Å². The molecule has 0 radical (unpaired) electrons. The molecule has 1 rings (SSSR count).